The second kappa shape index (κ2) is 8.30. The largest absolute Gasteiger partial charge is 0.310 e. The van der Waals surface area contributed by atoms with Crippen molar-refractivity contribution in [2.75, 3.05) is 6.54 Å². The van der Waals surface area contributed by atoms with E-state index in [1.165, 1.54) is 44.1 Å². The van der Waals surface area contributed by atoms with E-state index >= 15 is 0 Å². The molecule has 1 aromatic rings. The first-order valence-electron chi connectivity index (χ1n) is 7.38. The number of hydrogen-bond acceptors (Lipinski definition) is 2. The van der Waals surface area contributed by atoms with Gasteiger partial charge in [0.1, 0.15) is 0 Å². The van der Waals surface area contributed by atoms with Gasteiger partial charge in [0.05, 0.1) is 5.69 Å². The molecule has 0 spiro atoms. The molecule has 1 aromatic heterocycles. The van der Waals surface area contributed by atoms with Gasteiger partial charge >= 0.3 is 0 Å². The van der Waals surface area contributed by atoms with Gasteiger partial charge in [-0.15, -0.1) is 0 Å². The number of rotatable bonds is 9. The predicted octanol–water partition coefficient (Wildman–Crippen LogP) is 3.74. The Hall–Kier alpha value is -0.830. The lowest BCUT2D eigenvalue weighted by Crippen LogP contribution is -2.20. The second-order valence-electron chi connectivity index (χ2n) is 5.29. The van der Waals surface area contributed by atoms with Crippen molar-refractivity contribution in [2.24, 2.45) is 7.05 Å². The summed E-state index contributed by atoms with van der Waals surface area (Å²) in [6.07, 6.45) is 10.3. The Morgan fingerprint density at radius 1 is 1.22 bits per heavy atom. The minimum absolute atomic E-state index is 0.411. The van der Waals surface area contributed by atoms with Crippen molar-refractivity contribution in [1.29, 1.82) is 0 Å². The molecule has 0 aromatic carbocycles. The Morgan fingerprint density at radius 2 is 1.89 bits per heavy atom. The monoisotopic (exact) mass is 251 g/mol. The molecule has 1 heterocycles. The molecule has 0 fully saturated rings. The highest BCUT2D eigenvalue weighted by molar-refractivity contribution is 5.19. The second-order valence-corrected chi connectivity index (χ2v) is 5.29. The molecule has 0 saturated carbocycles. The normalized spacial score (nSPS) is 12.9. The maximum Gasteiger partial charge on any atom is 0.0641 e. The van der Waals surface area contributed by atoms with Gasteiger partial charge in [-0.1, -0.05) is 39.0 Å². The quantitative estimate of drug-likeness (QED) is 0.678. The van der Waals surface area contributed by atoms with E-state index in [1.54, 1.807) is 0 Å². The van der Waals surface area contributed by atoms with Crippen LogP contribution in [0, 0.1) is 6.92 Å². The average molecular weight is 251 g/mol. The van der Waals surface area contributed by atoms with Gasteiger partial charge in [0.25, 0.3) is 0 Å². The van der Waals surface area contributed by atoms with Gasteiger partial charge in [-0.25, -0.2) is 0 Å². The molecule has 18 heavy (non-hydrogen) atoms. The summed E-state index contributed by atoms with van der Waals surface area (Å²) in [5.74, 6) is 0. The first kappa shape index (κ1) is 15.2. The van der Waals surface area contributed by atoms with Gasteiger partial charge in [-0.05, 0) is 26.8 Å². The molecule has 0 aliphatic heterocycles. The van der Waals surface area contributed by atoms with Gasteiger partial charge in [-0.3, -0.25) is 4.68 Å². The van der Waals surface area contributed by atoms with E-state index < -0.39 is 0 Å². The number of unbranched alkanes of at least 4 members (excludes halogenated alkanes) is 5. The summed E-state index contributed by atoms with van der Waals surface area (Å²) in [6, 6.07) is 0.411. The van der Waals surface area contributed by atoms with E-state index in [9.17, 15) is 0 Å². The number of aromatic nitrogens is 2. The molecule has 3 nitrogen and oxygen atoms in total. The fourth-order valence-corrected chi connectivity index (χ4v) is 2.38. The SMILES string of the molecule is CCCCCCCCNC(C)c1cn(C)nc1C. The Bertz CT molecular complexity index is 330. The van der Waals surface area contributed by atoms with E-state index in [4.69, 9.17) is 0 Å². The highest BCUT2D eigenvalue weighted by Gasteiger charge is 2.10. The maximum atomic E-state index is 4.39. The number of nitrogens with one attached hydrogen (secondary N) is 1. The van der Waals surface area contributed by atoms with Crippen molar-refractivity contribution in [1.82, 2.24) is 15.1 Å². The summed E-state index contributed by atoms with van der Waals surface area (Å²) in [5, 5.41) is 7.98. The van der Waals surface area contributed by atoms with Crippen molar-refractivity contribution >= 4 is 0 Å². The molecule has 1 unspecified atom stereocenters. The zero-order valence-corrected chi connectivity index (χ0v) is 12.5. The summed E-state index contributed by atoms with van der Waals surface area (Å²) < 4.78 is 1.90. The van der Waals surface area contributed by atoms with Gasteiger partial charge in [-0.2, -0.15) is 5.10 Å². The molecular formula is C15H29N3. The van der Waals surface area contributed by atoms with E-state index in [-0.39, 0.29) is 0 Å². The van der Waals surface area contributed by atoms with E-state index in [1.807, 2.05) is 11.7 Å². The van der Waals surface area contributed by atoms with Crippen LogP contribution in [0.2, 0.25) is 0 Å². The Labute approximate surface area is 112 Å². The molecule has 0 amide bonds. The highest BCUT2D eigenvalue weighted by Crippen LogP contribution is 2.15. The van der Waals surface area contributed by atoms with Crippen LogP contribution in [0.3, 0.4) is 0 Å². The zero-order valence-electron chi connectivity index (χ0n) is 12.5. The molecular weight excluding hydrogens is 222 g/mol. The summed E-state index contributed by atoms with van der Waals surface area (Å²) in [5.41, 5.74) is 2.46. The van der Waals surface area contributed by atoms with Crippen molar-refractivity contribution < 1.29 is 0 Å². The molecule has 0 saturated heterocycles. The molecule has 0 bridgehead atoms. The van der Waals surface area contributed by atoms with Crippen molar-refractivity contribution in [3.8, 4) is 0 Å². The lowest BCUT2D eigenvalue weighted by molar-refractivity contribution is 0.526. The lowest BCUT2D eigenvalue weighted by Gasteiger charge is -2.12. The molecule has 0 aliphatic carbocycles. The highest BCUT2D eigenvalue weighted by atomic mass is 15.3. The smallest absolute Gasteiger partial charge is 0.0641 e. The van der Waals surface area contributed by atoms with Gasteiger partial charge in [0.2, 0.25) is 0 Å². The van der Waals surface area contributed by atoms with Crippen molar-refractivity contribution in [2.45, 2.75) is 65.3 Å². The Balaban J connectivity index is 2.14. The molecule has 1 N–H and O–H groups in total. The van der Waals surface area contributed by atoms with E-state index in [0.717, 1.165) is 12.2 Å². The van der Waals surface area contributed by atoms with Crippen LogP contribution in [0.15, 0.2) is 6.20 Å². The Morgan fingerprint density at radius 3 is 2.50 bits per heavy atom. The van der Waals surface area contributed by atoms with Gasteiger partial charge in [0, 0.05) is 24.8 Å². The van der Waals surface area contributed by atoms with Crippen LogP contribution in [0.1, 0.15) is 69.7 Å². The number of hydrogen-bond donors (Lipinski definition) is 1. The number of nitrogens with zero attached hydrogens (tertiary/aromatic N) is 2. The lowest BCUT2D eigenvalue weighted by atomic mass is 10.1. The molecule has 1 rings (SSSR count). The molecule has 0 aliphatic rings. The topological polar surface area (TPSA) is 29.9 Å². The first-order valence-corrected chi connectivity index (χ1v) is 7.38. The number of aryl methyl sites for hydroxylation is 2. The molecule has 3 heteroatoms. The van der Waals surface area contributed by atoms with Crippen LogP contribution in [-0.4, -0.2) is 16.3 Å². The third-order valence-corrected chi connectivity index (χ3v) is 3.50. The maximum absolute atomic E-state index is 4.39. The summed E-state index contributed by atoms with van der Waals surface area (Å²) in [4.78, 5) is 0. The summed E-state index contributed by atoms with van der Waals surface area (Å²) in [6.45, 7) is 7.68. The first-order chi connectivity index (χ1) is 8.65. The minimum atomic E-state index is 0.411. The van der Waals surface area contributed by atoms with Crippen LogP contribution >= 0.6 is 0 Å². The van der Waals surface area contributed by atoms with Crippen LogP contribution < -0.4 is 5.32 Å². The molecule has 104 valence electrons. The van der Waals surface area contributed by atoms with Crippen LogP contribution in [0.4, 0.5) is 0 Å². The fraction of sp³-hybridized carbons (Fsp3) is 0.800. The zero-order chi connectivity index (χ0) is 13.4. The summed E-state index contributed by atoms with van der Waals surface area (Å²) in [7, 11) is 1.98. The third kappa shape index (κ3) is 5.21. The van der Waals surface area contributed by atoms with Crippen molar-refractivity contribution in [3.05, 3.63) is 17.5 Å². The van der Waals surface area contributed by atoms with Crippen LogP contribution in [0.5, 0.6) is 0 Å². The van der Waals surface area contributed by atoms with Gasteiger partial charge in [0.15, 0.2) is 0 Å². The van der Waals surface area contributed by atoms with E-state index in [2.05, 4.69) is 37.4 Å². The summed E-state index contributed by atoms with van der Waals surface area (Å²) >= 11 is 0. The van der Waals surface area contributed by atoms with E-state index in [0.29, 0.717) is 6.04 Å². The van der Waals surface area contributed by atoms with Crippen LogP contribution in [0.25, 0.3) is 0 Å². The fourth-order valence-electron chi connectivity index (χ4n) is 2.38. The van der Waals surface area contributed by atoms with Crippen molar-refractivity contribution in [3.63, 3.8) is 0 Å². The molecule has 1 atom stereocenters. The third-order valence-electron chi connectivity index (χ3n) is 3.50. The van der Waals surface area contributed by atoms with Crippen LogP contribution in [-0.2, 0) is 7.05 Å². The average Bonchev–Trinajstić information content (AvgIpc) is 2.67. The standard InChI is InChI=1S/C15H29N3/c1-5-6-7-8-9-10-11-16-13(2)15-12-18(4)17-14(15)3/h12-13,16H,5-11H2,1-4H3. The molecule has 0 radical (unpaired) electrons. The van der Waals surface area contributed by atoms with Gasteiger partial charge < -0.3 is 5.32 Å². The Kier molecular flexibility index (Phi) is 7.02. The predicted molar refractivity (Wildman–Crippen MR) is 77.7 cm³/mol. The minimum Gasteiger partial charge on any atom is -0.310 e.